The molecule has 5 nitrogen and oxygen atoms in total. The second-order valence-corrected chi connectivity index (χ2v) is 10.2. The Labute approximate surface area is 219 Å². The summed E-state index contributed by atoms with van der Waals surface area (Å²) < 4.78 is 13.5. The van der Waals surface area contributed by atoms with Crippen molar-refractivity contribution >= 4 is 58.3 Å². The standard InChI is InChI=1S/C26H27Cl2FN4OS/c1-30-25(26(34)32-33-11-3-2-4-12-33)21-16-35-15-18(13-17-5-8-20(29)9-6-17)24(21)31-23-10-7-19(27)14-22(23)28/h5-10,13-14,31H,2-4,11-12,15-16H2,1H3,(H,32,34)/b18-13+,30-25+. The van der Waals surface area contributed by atoms with Gasteiger partial charge in [-0.2, -0.15) is 11.8 Å². The summed E-state index contributed by atoms with van der Waals surface area (Å²) in [5.74, 6) is 0.796. The van der Waals surface area contributed by atoms with Crippen molar-refractivity contribution < 1.29 is 9.18 Å². The highest BCUT2D eigenvalue weighted by atomic mass is 35.5. The monoisotopic (exact) mass is 532 g/mol. The van der Waals surface area contributed by atoms with Crippen molar-refractivity contribution in [2.75, 3.05) is 37.0 Å². The molecule has 1 saturated heterocycles. The fraction of sp³-hybridized carbons (Fsp3) is 0.308. The lowest BCUT2D eigenvalue weighted by Crippen LogP contribution is -2.48. The van der Waals surface area contributed by atoms with Gasteiger partial charge in [-0.3, -0.25) is 15.2 Å². The molecule has 2 aromatic rings. The fourth-order valence-corrected chi connectivity index (χ4v) is 5.61. The van der Waals surface area contributed by atoms with Crippen LogP contribution in [0, 0.1) is 5.82 Å². The maximum absolute atomic E-state index is 13.5. The summed E-state index contributed by atoms with van der Waals surface area (Å²) in [7, 11) is 1.63. The second kappa shape index (κ2) is 12.1. The molecule has 2 aliphatic rings. The van der Waals surface area contributed by atoms with E-state index in [1.165, 1.54) is 18.6 Å². The first-order valence-corrected chi connectivity index (χ1v) is 13.4. The van der Waals surface area contributed by atoms with Crippen molar-refractivity contribution in [3.63, 3.8) is 0 Å². The molecule has 184 valence electrons. The minimum atomic E-state index is -0.289. The van der Waals surface area contributed by atoms with Crippen LogP contribution in [0.1, 0.15) is 24.8 Å². The predicted molar refractivity (Wildman–Crippen MR) is 146 cm³/mol. The Hall–Kier alpha value is -2.32. The smallest absolute Gasteiger partial charge is 0.284 e. The van der Waals surface area contributed by atoms with E-state index >= 15 is 0 Å². The summed E-state index contributed by atoms with van der Waals surface area (Å²) in [6.45, 7) is 1.66. The molecule has 0 atom stereocenters. The maximum atomic E-state index is 13.5. The first kappa shape index (κ1) is 25.8. The number of carbonyl (C=O) groups excluding carboxylic acids is 1. The number of thioether (sulfide) groups is 1. The summed E-state index contributed by atoms with van der Waals surface area (Å²) in [5, 5.41) is 6.41. The lowest BCUT2D eigenvalue weighted by molar-refractivity contribution is -0.119. The van der Waals surface area contributed by atoms with Gasteiger partial charge in [-0.1, -0.05) is 41.8 Å². The third-order valence-corrected chi connectivity index (χ3v) is 7.42. The zero-order valence-electron chi connectivity index (χ0n) is 19.4. The van der Waals surface area contributed by atoms with Gasteiger partial charge in [0, 0.05) is 47.9 Å². The Morgan fingerprint density at radius 1 is 1.09 bits per heavy atom. The van der Waals surface area contributed by atoms with Crippen LogP contribution in [0.3, 0.4) is 0 Å². The summed E-state index contributed by atoms with van der Waals surface area (Å²) in [4.78, 5) is 17.7. The zero-order chi connectivity index (χ0) is 24.8. The van der Waals surface area contributed by atoms with E-state index in [1.807, 2.05) is 17.2 Å². The Kier molecular flexibility index (Phi) is 8.89. The minimum absolute atomic E-state index is 0.227. The van der Waals surface area contributed by atoms with Crippen LogP contribution in [0.25, 0.3) is 6.08 Å². The molecule has 4 rings (SSSR count). The third-order valence-electron chi connectivity index (χ3n) is 5.87. The molecule has 0 saturated carbocycles. The first-order valence-electron chi connectivity index (χ1n) is 11.5. The largest absolute Gasteiger partial charge is 0.354 e. The van der Waals surface area contributed by atoms with Crippen molar-refractivity contribution in [3.8, 4) is 0 Å². The van der Waals surface area contributed by atoms with E-state index in [1.54, 1.807) is 43.1 Å². The molecule has 0 radical (unpaired) electrons. The normalized spacial score (nSPS) is 18.6. The van der Waals surface area contributed by atoms with Crippen LogP contribution in [-0.4, -0.2) is 48.3 Å². The van der Waals surface area contributed by atoms with Crippen LogP contribution in [-0.2, 0) is 4.79 Å². The van der Waals surface area contributed by atoms with Gasteiger partial charge >= 0.3 is 0 Å². The molecule has 2 heterocycles. The number of nitrogens with one attached hydrogen (secondary N) is 2. The zero-order valence-corrected chi connectivity index (χ0v) is 21.7. The third kappa shape index (κ3) is 6.67. The SMILES string of the molecule is C/N=C(/C(=O)NN1CCCCC1)C1=C(Nc2ccc(Cl)cc2Cl)/C(=C/c2ccc(F)cc2)CSC1. The van der Waals surface area contributed by atoms with Gasteiger partial charge in [-0.25, -0.2) is 9.40 Å². The van der Waals surface area contributed by atoms with Gasteiger partial charge in [0.1, 0.15) is 11.5 Å². The number of hydrogen-bond acceptors (Lipinski definition) is 5. The van der Waals surface area contributed by atoms with Crippen LogP contribution in [0.2, 0.25) is 10.0 Å². The number of carbonyl (C=O) groups is 1. The molecular formula is C26H27Cl2FN4OS. The van der Waals surface area contributed by atoms with Gasteiger partial charge in [0.15, 0.2) is 0 Å². The number of anilines is 1. The second-order valence-electron chi connectivity index (χ2n) is 8.38. The molecule has 0 spiro atoms. The molecule has 2 N–H and O–H groups in total. The number of piperidine rings is 1. The lowest BCUT2D eigenvalue weighted by Gasteiger charge is -2.29. The number of hydrogen-bond donors (Lipinski definition) is 2. The maximum Gasteiger partial charge on any atom is 0.284 e. The van der Waals surface area contributed by atoms with E-state index in [9.17, 15) is 9.18 Å². The summed E-state index contributed by atoms with van der Waals surface area (Å²) in [6.07, 6.45) is 5.29. The van der Waals surface area contributed by atoms with Crippen LogP contribution in [0.15, 0.2) is 64.3 Å². The van der Waals surface area contributed by atoms with E-state index in [0.717, 1.165) is 48.3 Å². The molecule has 2 aliphatic heterocycles. The van der Waals surface area contributed by atoms with Crippen molar-refractivity contribution in [1.29, 1.82) is 0 Å². The predicted octanol–water partition coefficient (Wildman–Crippen LogP) is 6.22. The number of rotatable bonds is 6. The van der Waals surface area contributed by atoms with Crippen LogP contribution < -0.4 is 10.7 Å². The summed E-state index contributed by atoms with van der Waals surface area (Å²) in [6, 6.07) is 11.6. The highest BCUT2D eigenvalue weighted by Crippen LogP contribution is 2.34. The topological polar surface area (TPSA) is 56.7 Å². The molecule has 9 heteroatoms. The number of allylic oxidation sites excluding steroid dienone is 1. The van der Waals surface area contributed by atoms with Crippen molar-refractivity contribution in [1.82, 2.24) is 10.4 Å². The Morgan fingerprint density at radius 2 is 1.83 bits per heavy atom. The number of benzene rings is 2. The molecular weight excluding hydrogens is 506 g/mol. The van der Waals surface area contributed by atoms with Gasteiger partial charge in [0.05, 0.1) is 10.7 Å². The Morgan fingerprint density at radius 3 is 2.51 bits per heavy atom. The van der Waals surface area contributed by atoms with Gasteiger partial charge in [-0.15, -0.1) is 0 Å². The van der Waals surface area contributed by atoms with E-state index in [2.05, 4.69) is 15.7 Å². The van der Waals surface area contributed by atoms with Crippen LogP contribution in [0.5, 0.6) is 0 Å². The fourth-order valence-electron chi connectivity index (χ4n) is 4.12. The molecule has 35 heavy (non-hydrogen) atoms. The van der Waals surface area contributed by atoms with Gasteiger partial charge in [0.25, 0.3) is 5.91 Å². The average molecular weight is 534 g/mol. The summed E-state index contributed by atoms with van der Waals surface area (Å²) in [5.41, 5.74) is 7.46. The van der Waals surface area contributed by atoms with Crippen molar-refractivity contribution in [3.05, 3.63) is 80.7 Å². The number of amides is 1. The molecule has 0 bridgehead atoms. The first-order chi connectivity index (χ1) is 16.9. The molecule has 0 aliphatic carbocycles. The molecule has 0 aromatic heterocycles. The lowest BCUT2D eigenvalue weighted by atomic mass is 10.0. The van der Waals surface area contributed by atoms with Crippen molar-refractivity contribution in [2.45, 2.75) is 19.3 Å². The Balaban J connectivity index is 1.74. The molecule has 2 aromatic carbocycles. The highest BCUT2D eigenvalue weighted by Gasteiger charge is 2.27. The van der Waals surface area contributed by atoms with E-state index < -0.39 is 0 Å². The van der Waals surface area contributed by atoms with E-state index in [-0.39, 0.29) is 11.7 Å². The Bertz CT molecular complexity index is 1170. The quantitative estimate of drug-likeness (QED) is 0.433. The van der Waals surface area contributed by atoms with E-state index in [4.69, 9.17) is 23.2 Å². The number of aliphatic imine (C=N–C) groups is 1. The van der Waals surface area contributed by atoms with Crippen molar-refractivity contribution in [2.24, 2.45) is 4.99 Å². The molecule has 0 unspecified atom stereocenters. The highest BCUT2D eigenvalue weighted by molar-refractivity contribution is 7.99. The number of hydrazine groups is 1. The number of halogens is 3. The van der Waals surface area contributed by atoms with Gasteiger partial charge < -0.3 is 5.32 Å². The molecule has 1 amide bonds. The average Bonchev–Trinajstić information content (AvgIpc) is 2.85. The van der Waals surface area contributed by atoms with Gasteiger partial charge in [0.2, 0.25) is 0 Å². The van der Waals surface area contributed by atoms with Gasteiger partial charge in [-0.05, 0) is 60.4 Å². The summed E-state index contributed by atoms with van der Waals surface area (Å²) >= 11 is 14.3. The van der Waals surface area contributed by atoms with Crippen LogP contribution in [0.4, 0.5) is 10.1 Å². The van der Waals surface area contributed by atoms with Crippen LogP contribution >= 0.6 is 35.0 Å². The minimum Gasteiger partial charge on any atom is -0.354 e. The molecule has 1 fully saturated rings. The number of nitrogens with zero attached hydrogens (tertiary/aromatic N) is 2. The van der Waals surface area contributed by atoms with E-state index in [0.29, 0.717) is 33.0 Å².